The zero-order valence-electron chi connectivity index (χ0n) is 10.4. The van der Waals surface area contributed by atoms with Crippen molar-refractivity contribution < 1.29 is 0 Å². The predicted octanol–water partition coefficient (Wildman–Crippen LogP) is 1.56. The molecule has 94 valence electrons. The van der Waals surface area contributed by atoms with Crippen molar-refractivity contribution in [2.75, 3.05) is 25.4 Å². The molecule has 0 saturated carbocycles. The molecule has 2 heterocycles. The molecule has 2 aromatic rings. The van der Waals surface area contributed by atoms with Crippen molar-refractivity contribution in [1.82, 2.24) is 14.7 Å². The van der Waals surface area contributed by atoms with Gasteiger partial charge in [0.1, 0.15) is 0 Å². The quantitative estimate of drug-likeness (QED) is 0.885. The Hall–Kier alpha value is -1.81. The summed E-state index contributed by atoms with van der Waals surface area (Å²) >= 11 is 0. The lowest BCUT2D eigenvalue weighted by Crippen LogP contribution is -2.46. The highest BCUT2D eigenvalue weighted by molar-refractivity contribution is 5.30. The second-order valence-electron chi connectivity index (χ2n) is 4.90. The van der Waals surface area contributed by atoms with E-state index in [9.17, 15) is 0 Å². The van der Waals surface area contributed by atoms with Gasteiger partial charge in [-0.3, -0.25) is 4.68 Å². The third kappa shape index (κ3) is 2.38. The Morgan fingerprint density at radius 2 is 1.94 bits per heavy atom. The molecular formula is C14H18N4. The molecule has 0 unspecified atom stereocenters. The Morgan fingerprint density at radius 1 is 1.17 bits per heavy atom. The summed E-state index contributed by atoms with van der Waals surface area (Å²) < 4.78 is 1.91. The van der Waals surface area contributed by atoms with Crippen molar-refractivity contribution in [3.8, 4) is 0 Å². The molecule has 1 aliphatic rings. The molecule has 0 spiro atoms. The molecule has 1 aliphatic heterocycles. The largest absolute Gasteiger partial charge is 0.396 e. The number of anilines is 1. The first-order valence-corrected chi connectivity index (χ1v) is 6.36. The number of aromatic nitrogens is 2. The number of benzene rings is 1. The van der Waals surface area contributed by atoms with E-state index in [1.54, 1.807) is 6.20 Å². The minimum atomic E-state index is 0.703. The molecule has 0 atom stereocenters. The Balaban J connectivity index is 1.46. The average Bonchev–Trinajstić information content (AvgIpc) is 2.74. The predicted molar refractivity (Wildman–Crippen MR) is 72.3 cm³/mol. The summed E-state index contributed by atoms with van der Waals surface area (Å²) in [6, 6.07) is 10.7. The van der Waals surface area contributed by atoms with Crippen molar-refractivity contribution in [2.24, 2.45) is 0 Å². The van der Waals surface area contributed by atoms with Gasteiger partial charge in [0.25, 0.3) is 0 Å². The van der Waals surface area contributed by atoms with Crippen LogP contribution in [0.4, 0.5) is 5.69 Å². The maximum absolute atomic E-state index is 5.63. The maximum atomic E-state index is 5.63. The van der Waals surface area contributed by atoms with E-state index in [0.29, 0.717) is 5.92 Å². The van der Waals surface area contributed by atoms with Gasteiger partial charge in [0.05, 0.1) is 18.4 Å². The molecular weight excluding hydrogens is 224 g/mol. The molecule has 0 amide bonds. The fraction of sp³-hybridized carbons (Fsp3) is 0.357. The number of nitrogens with zero attached hydrogens (tertiary/aromatic N) is 3. The number of nitrogen functional groups attached to an aromatic ring is 1. The number of hydrogen-bond acceptors (Lipinski definition) is 3. The summed E-state index contributed by atoms with van der Waals surface area (Å²) in [7, 11) is 0. The Bertz CT molecular complexity index is 500. The summed E-state index contributed by atoms with van der Waals surface area (Å²) in [5.74, 6) is 0.703. The van der Waals surface area contributed by atoms with Crippen LogP contribution < -0.4 is 5.73 Å². The monoisotopic (exact) mass is 242 g/mol. The summed E-state index contributed by atoms with van der Waals surface area (Å²) in [5, 5.41) is 4.19. The van der Waals surface area contributed by atoms with Gasteiger partial charge in [0.2, 0.25) is 0 Å². The van der Waals surface area contributed by atoms with Crippen LogP contribution >= 0.6 is 0 Å². The van der Waals surface area contributed by atoms with Gasteiger partial charge >= 0.3 is 0 Å². The second kappa shape index (κ2) is 4.82. The molecule has 1 aromatic heterocycles. The van der Waals surface area contributed by atoms with Gasteiger partial charge in [0.15, 0.2) is 0 Å². The molecule has 3 rings (SSSR count). The van der Waals surface area contributed by atoms with E-state index in [4.69, 9.17) is 5.73 Å². The third-order valence-electron chi connectivity index (χ3n) is 3.53. The number of likely N-dealkylation sites (tertiary alicyclic amines) is 1. The van der Waals surface area contributed by atoms with Gasteiger partial charge in [-0.15, -0.1) is 0 Å². The van der Waals surface area contributed by atoms with Crippen molar-refractivity contribution in [3.63, 3.8) is 0 Å². The molecule has 1 saturated heterocycles. The van der Waals surface area contributed by atoms with E-state index < -0.39 is 0 Å². The summed E-state index contributed by atoms with van der Waals surface area (Å²) in [4.78, 5) is 2.45. The van der Waals surface area contributed by atoms with Gasteiger partial charge in [-0.25, -0.2) is 0 Å². The van der Waals surface area contributed by atoms with E-state index in [-0.39, 0.29) is 0 Å². The highest BCUT2D eigenvalue weighted by atomic mass is 15.3. The van der Waals surface area contributed by atoms with Crippen LogP contribution in [0.1, 0.15) is 11.5 Å². The lowest BCUT2D eigenvalue weighted by atomic mass is 9.92. The van der Waals surface area contributed by atoms with Crippen molar-refractivity contribution in [3.05, 3.63) is 48.3 Å². The van der Waals surface area contributed by atoms with Gasteiger partial charge in [-0.05, 0) is 5.56 Å². The van der Waals surface area contributed by atoms with Crippen LogP contribution in [0.25, 0.3) is 0 Å². The zero-order valence-corrected chi connectivity index (χ0v) is 10.4. The van der Waals surface area contributed by atoms with Gasteiger partial charge in [-0.2, -0.15) is 5.10 Å². The molecule has 18 heavy (non-hydrogen) atoms. The summed E-state index contributed by atoms with van der Waals surface area (Å²) in [5.41, 5.74) is 7.83. The molecule has 1 fully saturated rings. The molecule has 0 radical (unpaired) electrons. The van der Waals surface area contributed by atoms with Crippen LogP contribution in [-0.4, -0.2) is 34.3 Å². The van der Waals surface area contributed by atoms with Crippen LogP contribution in [-0.2, 0) is 6.54 Å². The lowest BCUT2D eigenvalue weighted by Gasteiger charge is -2.39. The first kappa shape index (κ1) is 11.3. The Morgan fingerprint density at radius 3 is 2.61 bits per heavy atom. The number of rotatable bonds is 4. The smallest absolute Gasteiger partial charge is 0.0719 e. The van der Waals surface area contributed by atoms with E-state index >= 15 is 0 Å². The molecule has 4 nitrogen and oxygen atoms in total. The summed E-state index contributed by atoms with van der Waals surface area (Å²) in [6.07, 6.45) is 3.58. The van der Waals surface area contributed by atoms with Gasteiger partial charge in [-0.1, -0.05) is 30.3 Å². The number of nitrogens with two attached hydrogens (primary N) is 1. The Labute approximate surface area is 107 Å². The first-order valence-electron chi connectivity index (χ1n) is 6.36. The van der Waals surface area contributed by atoms with Crippen LogP contribution in [0, 0.1) is 0 Å². The van der Waals surface area contributed by atoms with Crippen LogP contribution in [0.2, 0.25) is 0 Å². The fourth-order valence-electron chi connectivity index (χ4n) is 2.43. The Kier molecular flexibility index (Phi) is 3.02. The highest BCUT2D eigenvalue weighted by Gasteiger charge is 2.27. The lowest BCUT2D eigenvalue weighted by molar-refractivity contribution is 0.141. The van der Waals surface area contributed by atoms with Crippen LogP contribution in [0.3, 0.4) is 0 Å². The van der Waals surface area contributed by atoms with Crippen LogP contribution in [0.15, 0.2) is 42.7 Å². The molecule has 2 N–H and O–H groups in total. The van der Waals surface area contributed by atoms with E-state index in [0.717, 1.165) is 31.9 Å². The van der Waals surface area contributed by atoms with E-state index in [2.05, 4.69) is 40.3 Å². The van der Waals surface area contributed by atoms with E-state index in [1.165, 1.54) is 5.56 Å². The number of hydrogen-bond donors (Lipinski definition) is 1. The maximum Gasteiger partial charge on any atom is 0.0719 e. The minimum absolute atomic E-state index is 0.703. The van der Waals surface area contributed by atoms with Crippen molar-refractivity contribution in [1.29, 1.82) is 0 Å². The first-order chi connectivity index (χ1) is 8.81. The van der Waals surface area contributed by atoms with Crippen LogP contribution in [0.5, 0.6) is 0 Å². The molecule has 0 bridgehead atoms. The normalized spacial score (nSPS) is 16.7. The molecule has 1 aromatic carbocycles. The highest BCUT2D eigenvalue weighted by Crippen LogP contribution is 2.26. The van der Waals surface area contributed by atoms with Gasteiger partial charge < -0.3 is 10.6 Å². The standard InChI is InChI=1S/C14H18N4/c15-14-8-16-18(11-14)7-6-17-9-13(10-17)12-4-2-1-3-5-12/h1-5,8,11,13H,6-7,9-10,15H2. The minimum Gasteiger partial charge on any atom is -0.396 e. The fourth-order valence-corrected chi connectivity index (χ4v) is 2.43. The molecule has 4 heteroatoms. The van der Waals surface area contributed by atoms with Crippen molar-refractivity contribution in [2.45, 2.75) is 12.5 Å². The van der Waals surface area contributed by atoms with E-state index in [1.807, 2.05) is 10.9 Å². The van der Waals surface area contributed by atoms with Crippen molar-refractivity contribution >= 4 is 5.69 Å². The topological polar surface area (TPSA) is 47.1 Å². The SMILES string of the molecule is Nc1cnn(CCN2CC(c3ccccc3)C2)c1. The molecule has 0 aliphatic carbocycles. The second-order valence-corrected chi connectivity index (χ2v) is 4.90. The van der Waals surface area contributed by atoms with Gasteiger partial charge in [0, 0.05) is 31.7 Å². The average molecular weight is 242 g/mol. The summed E-state index contributed by atoms with van der Waals surface area (Å²) in [6.45, 7) is 4.27. The third-order valence-corrected chi connectivity index (χ3v) is 3.53. The zero-order chi connectivity index (χ0) is 12.4.